The van der Waals surface area contributed by atoms with E-state index in [1.807, 2.05) is 0 Å². The summed E-state index contributed by atoms with van der Waals surface area (Å²) < 4.78 is 18.5. The molecule has 12 heteroatoms. The first kappa shape index (κ1) is 22.8. The van der Waals surface area contributed by atoms with E-state index in [1.54, 1.807) is 0 Å². The molecule has 0 bridgehead atoms. The molecule has 0 unspecified atom stereocenters. The molecule has 9 nitrogen and oxygen atoms in total. The minimum atomic E-state index is -2.26. The van der Waals surface area contributed by atoms with Crippen molar-refractivity contribution in [2.75, 3.05) is 13.2 Å². The van der Waals surface area contributed by atoms with Gasteiger partial charge in [0.1, 0.15) is 12.7 Å². The molecule has 1 amide bonds. The van der Waals surface area contributed by atoms with E-state index in [1.165, 1.54) is 6.92 Å². The summed E-state index contributed by atoms with van der Waals surface area (Å²) in [6, 6.07) is -0.972. The van der Waals surface area contributed by atoms with Gasteiger partial charge in [0, 0.05) is 20.8 Å². The van der Waals surface area contributed by atoms with Gasteiger partial charge in [-0.3, -0.25) is 19.2 Å². The Hall–Kier alpha value is -1.29. The van der Waals surface area contributed by atoms with E-state index in [0.717, 1.165) is 13.8 Å². The van der Waals surface area contributed by atoms with Gasteiger partial charge < -0.3 is 24.3 Å². The van der Waals surface area contributed by atoms with Crippen LogP contribution in [0.5, 0.6) is 0 Å². The fraction of sp³-hybridized carbons (Fsp3) is 0.714. The van der Waals surface area contributed by atoms with Gasteiger partial charge in [0.25, 0.3) is 9.70 Å². The Morgan fingerprint density at radius 2 is 1.54 bits per heavy atom. The first-order valence-electron chi connectivity index (χ1n) is 7.39. The molecular formula is C14H18Cl3NO8. The maximum Gasteiger partial charge on any atom is 0.303 e. The van der Waals surface area contributed by atoms with Crippen molar-refractivity contribution < 1.29 is 38.1 Å². The number of ether oxygens (including phenoxy) is 4. The number of carbonyl (C=O) groups is 4. The summed E-state index contributed by atoms with van der Waals surface area (Å²) in [5.74, 6) is -2.95. The van der Waals surface area contributed by atoms with Gasteiger partial charge in [-0.05, 0) is 0 Å². The van der Waals surface area contributed by atoms with Crippen LogP contribution in [0.2, 0.25) is 0 Å². The van der Waals surface area contributed by atoms with Crippen LogP contribution >= 0.6 is 34.8 Å². The van der Waals surface area contributed by atoms with Gasteiger partial charge in [-0.2, -0.15) is 0 Å². The highest BCUT2D eigenvalue weighted by Gasteiger charge is 2.47. The van der Waals surface area contributed by atoms with Crippen molar-refractivity contribution in [3.05, 3.63) is 0 Å². The molecule has 0 aromatic carbocycles. The SMILES string of the molecule is CC(=O)OC[C@H]1OC[C@H](NC(=O)C(Cl)(Cl)Cl)[C@H](OC(C)=O)[C@H]1OC(C)=O. The van der Waals surface area contributed by atoms with E-state index < -0.39 is 52.0 Å². The first-order chi connectivity index (χ1) is 11.9. The molecule has 1 saturated heterocycles. The van der Waals surface area contributed by atoms with Gasteiger partial charge in [-0.1, -0.05) is 34.8 Å². The van der Waals surface area contributed by atoms with E-state index in [9.17, 15) is 19.2 Å². The number of carbonyl (C=O) groups excluding carboxylic acids is 4. The highest BCUT2D eigenvalue weighted by atomic mass is 35.6. The van der Waals surface area contributed by atoms with Crippen molar-refractivity contribution in [3.8, 4) is 0 Å². The molecule has 1 N–H and O–H groups in total. The smallest absolute Gasteiger partial charge is 0.303 e. The molecule has 1 heterocycles. The largest absolute Gasteiger partial charge is 0.463 e. The lowest BCUT2D eigenvalue weighted by atomic mass is 9.97. The molecule has 0 aliphatic carbocycles. The van der Waals surface area contributed by atoms with Crippen molar-refractivity contribution >= 4 is 58.6 Å². The van der Waals surface area contributed by atoms with Gasteiger partial charge in [0.2, 0.25) is 0 Å². The fourth-order valence-electron chi connectivity index (χ4n) is 2.25. The number of nitrogens with one attached hydrogen (secondary N) is 1. The fourth-order valence-corrected chi connectivity index (χ4v) is 2.41. The highest BCUT2D eigenvalue weighted by molar-refractivity contribution is 6.76. The summed E-state index contributed by atoms with van der Waals surface area (Å²) in [6.07, 6.45) is -3.24. The van der Waals surface area contributed by atoms with Crippen molar-refractivity contribution in [2.45, 2.75) is 48.9 Å². The summed E-state index contributed by atoms with van der Waals surface area (Å²) in [5, 5.41) is 2.37. The predicted molar refractivity (Wildman–Crippen MR) is 89.7 cm³/mol. The Morgan fingerprint density at radius 1 is 1.00 bits per heavy atom. The molecule has 1 rings (SSSR count). The van der Waals surface area contributed by atoms with Gasteiger partial charge in [0.15, 0.2) is 12.2 Å². The second kappa shape index (κ2) is 9.59. The zero-order valence-corrected chi connectivity index (χ0v) is 16.4. The van der Waals surface area contributed by atoms with Crippen LogP contribution in [0.3, 0.4) is 0 Å². The van der Waals surface area contributed by atoms with Crippen LogP contribution in [0.1, 0.15) is 20.8 Å². The highest BCUT2D eigenvalue weighted by Crippen LogP contribution is 2.28. The van der Waals surface area contributed by atoms with Gasteiger partial charge in [-0.15, -0.1) is 0 Å². The monoisotopic (exact) mass is 433 g/mol. The minimum absolute atomic E-state index is 0.172. The van der Waals surface area contributed by atoms with E-state index in [-0.39, 0.29) is 13.2 Å². The van der Waals surface area contributed by atoms with Crippen molar-refractivity contribution in [1.82, 2.24) is 5.32 Å². The number of hydrogen-bond donors (Lipinski definition) is 1. The van der Waals surface area contributed by atoms with Gasteiger partial charge in [-0.25, -0.2) is 0 Å². The molecule has 0 aromatic rings. The quantitative estimate of drug-likeness (QED) is 0.381. The Kier molecular flexibility index (Phi) is 8.39. The number of halogens is 3. The number of alkyl halides is 3. The van der Waals surface area contributed by atoms with Crippen LogP contribution < -0.4 is 5.32 Å². The number of amides is 1. The Labute approximate surface area is 164 Å². The molecule has 0 spiro atoms. The van der Waals surface area contributed by atoms with Crippen molar-refractivity contribution in [3.63, 3.8) is 0 Å². The van der Waals surface area contributed by atoms with Crippen LogP contribution in [0, 0.1) is 0 Å². The van der Waals surface area contributed by atoms with Gasteiger partial charge in [0.05, 0.1) is 12.6 Å². The molecule has 0 radical (unpaired) electrons. The molecule has 1 fully saturated rings. The zero-order chi connectivity index (χ0) is 20.1. The molecule has 0 aromatic heterocycles. The maximum atomic E-state index is 11.9. The van der Waals surface area contributed by atoms with E-state index in [4.69, 9.17) is 53.8 Å². The third-order valence-electron chi connectivity index (χ3n) is 3.21. The van der Waals surface area contributed by atoms with Crippen LogP contribution in [0.25, 0.3) is 0 Å². The number of hydrogen-bond acceptors (Lipinski definition) is 8. The topological polar surface area (TPSA) is 117 Å². The Balaban J connectivity index is 3.05. The second-order valence-electron chi connectivity index (χ2n) is 5.40. The minimum Gasteiger partial charge on any atom is -0.463 e. The first-order valence-corrected chi connectivity index (χ1v) is 8.52. The van der Waals surface area contributed by atoms with Crippen molar-refractivity contribution in [1.29, 1.82) is 0 Å². The van der Waals surface area contributed by atoms with E-state index in [2.05, 4.69) is 5.32 Å². The molecule has 1 aliphatic heterocycles. The molecule has 4 atom stereocenters. The molecular weight excluding hydrogens is 417 g/mol. The van der Waals surface area contributed by atoms with E-state index >= 15 is 0 Å². The molecule has 148 valence electrons. The second-order valence-corrected chi connectivity index (χ2v) is 7.68. The molecule has 1 aliphatic rings. The number of rotatable bonds is 5. The molecule has 0 saturated carbocycles. The lowest BCUT2D eigenvalue weighted by Gasteiger charge is -2.41. The Bertz CT molecular complexity index is 565. The summed E-state index contributed by atoms with van der Waals surface area (Å²) in [4.78, 5) is 45.8. The van der Waals surface area contributed by atoms with E-state index in [0.29, 0.717) is 0 Å². The molecule has 26 heavy (non-hydrogen) atoms. The summed E-state index contributed by atoms with van der Waals surface area (Å²) in [6.45, 7) is 3.04. The lowest BCUT2D eigenvalue weighted by molar-refractivity contribution is -0.207. The zero-order valence-electron chi connectivity index (χ0n) is 14.1. The summed E-state index contributed by atoms with van der Waals surface area (Å²) >= 11 is 16.6. The lowest BCUT2D eigenvalue weighted by Crippen LogP contribution is -2.63. The third-order valence-corrected chi connectivity index (χ3v) is 3.72. The van der Waals surface area contributed by atoms with Crippen molar-refractivity contribution in [2.24, 2.45) is 0 Å². The predicted octanol–water partition coefficient (Wildman–Crippen LogP) is 0.667. The van der Waals surface area contributed by atoms with Crippen LogP contribution in [-0.4, -0.2) is 65.2 Å². The Morgan fingerprint density at radius 3 is 2.00 bits per heavy atom. The summed E-state index contributed by atoms with van der Waals surface area (Å²) in [7, 11) is 0. The van der Waals surface area contributed by atoms with Crippen LogP contribution in [0.4, 0.5) is 0 Å². The van der Waals surface area contributed by atoms with Crippen LogP contribution in [0.15, 0.2) is 0 Å². The normalized spacial score (nSPS) is 25.8. The van der Waals surface area contributed by atoms with Gasteiger partial charge >= 0.3 is 17.9 Å². The maximum absolute atomic E-state index is 11.9. The van der Waals surface area contributed by atoms with Crippen LogP contribution in [-0.2, 0) is 38.1 Å². The average molecular weight is 435 g/mol. The third kappa shape index (κ3) is 7.14. The average Bonchev–Trinajstić information content (AvgIpc) is 2.47. The standard InChI is InChI=1S/C14H18Cl3NO8/c1-6(19)23-5-10-12(26-8(3)21)11(25-7(2)20)9(4-24-10)18-13(22)14(15,16)17/h9-12H,4-5H2,1-3H3,(H,18,22)/t9-,10+,11-,12-/m0/s1. The summed E-state index contributed by atoms with van der Waals surface area (Å²) in [5.41, 5.74) is 0. The number of esters is 3.